The summed E-state index contributed by atoms with van der Waals surface area (Å²) in [7, 11) is 0. The van der Waals surface area contributed by atoms with Gasteiger partial charge in [0.1, 0.15) is 11.9 Å². The van der Waals surface area contributed by atoms with Crippen LogP contribution < -0.4 is 9.47 Å². The van der Waals surface area contributed by atoms with Crippen molar-refractivity contribution >= 4 is 11.9 Å². The maximum Gasteiger partial charge on any atom is 0.308 e. The smallest absolute Gasteiger partial charge is 0.308 e. The van der Waals surface area contributed by atoms with Crippen LogP contribution in [-0.2, 0) is 21.4 Å². The van der Waals surface area contributed by atoms with Crippen molar-refractivity contribution in [2.75, 3.05) is 19.6 Å². The topological polar surface area (TPSA) is 79.3 Å². The molecule has 5 atom stereocenters. The fourth-order valence-corrected chi connectivity index (χ4v) is 9.93. The molecule has 2 saturated carbocycles. The van der Waals surface area contributed by atoms with Crippen LogP contribution in [0, 0.1) is 11.8 Å². The summed E-state index contributed by atoms with van der Waals surface area (Å²) in [4.78, 5) is 31.0. The van der Waals surface area contributed by atoms with Crippen molar-refractivity contribution < 1.29 is 24.2 Å². The van der Waals surface area contributed by atoms with Gasteiger partial charge in [0.25, 0.3) is 0 Å². The van der Waals surface area contributed by atoms with Gasteiger partial charge >= 0.3 is 5.97 Å². The molecule has 7 heteroatoms. The number of hydrogen-bond acceptors (Lipinski definition) is 6. The number of rotatable bonds is 13. The first-order valence-corrected chi connectivity index (χ1v) is 17.8. The van der Waals surface area contributed by atoms with Crippen molar-refractivity contribution in [1.29, 1.82) is 0 Å². The van der Waals surface area contributed by atoms with Crippen molar-refractivity contribution in [2.24, 2.45) is 11.8 Å². The van der Waals surface area contributed by atoms with E-state index in [1.165, 1.54) is 45.4 Å². The average molecular weight is 607 g/mol. The van der Waals surface area contributed by atoms with E-state index in [0.29, 0.717) is 23.8 Å². The van der Waals surface area contributed by atoms with E-state index >= 15 is 0 Å². The van der Waals surface area contributed by atoms with Crippen LogP contribution in [0.3, 0.4) is 0 Å². The van der Waals surface area contributed by atoms with Gasteiger partial charge in [-0.25, -0.2) is 0 Å². The third-order valence-corrected chi connectivity index (χ3v) is 11.8. The van der Waals surface area contributed by atoms with Gasteiger partial charge in [-0.3, -0.25) is 14.5 Å². The van der Waals surface area contributed by atoms with Gasteiger partial charge in [-0.1, -0.05) is 70.8 Å². The van der Waals surface area contributed by atoms with Gasteiger partial charge in [0.05, 0.1) is 6.04 Å². The first-order chi connectivity index (χ1) is 21.4. The second-order valence-corrected chi connectivity index (χ2v) is 14.3. The SMILES string of the molecule is C=CCN1CC[C@]23c4c5c(O)cc(OC(C)=O)c4O[C@H]2[C@H](N(CCCCC)C(=O)CCCCC2CCCCC2)CC[C@H]3[C@H]1C5. The van der Waals surface area contributed by atoms with Crippen molar-refractivity contribution in [3.8, 4) is 17.2 Å². The minimum Gasteiger partial charge on any atom is -0.508 e. The summed E-state index contributed by atoms with van der Waals surface area (Å²) >= 11 is 0. The van der Waals surface area contributed by atoms with Gasteiger partial charge in [-0.15, -0.1) is 6.58 Å². The summed E-state index contributed by atoms with van der Waals surface area (Å²) in [6.45, 7) is 10.1. The van der Waals surface area contributed by atoms with E-state index in [9.17, 15) is 14.7 Å². The predicted octanol–water partition coefficient (Wildman–Crippen LogP) is 7.07. The summed E-state index contributed by atoms with van der Waals surface area (Å²) < 4.78 is 12.7. The predicted molar refractivity (Wildman–Crippen MR) is 172 cm³/mol. The molecule has 2 aliphatic heterocycles. The number of carbonyl (C=O) groups excluding carboxylic acids is 2. The monoisotopic (exact) mass is 606 g/mol. The Morgan fingerprint density at radius 2 is 1.98 bits per heavy atom. The van der Waals surface area contributed by atoms with Crippen LogP contribution in [0.5, 0.6) is 17.2 Å². The molecule has 0 aromatic heterocycles. The zero-order valence-corrected chi connectivity index (χ0v) is 27.2. The average Bonchev–Trinajstić information content (AvgIpc) is 3.35. The summed E-state index contributed by atoms with van der Waals surface area (Å²) in [6, 6.07) is 1.82. The van der Waals surface area contributed by atoms with E-state index in [-0.39, 0.29) is 35.3 Å². The number of ether oxygens (including phenoxy) is 2. The molecule has 3 fully saturated rings. The van der Waals surface area contributed by atoms with E-state index in [4.69, 9.17) is 9.47 Å². The Balaban J connectivity index is 1.30. The Labute approximate surface area is 264 Å². The van der Waals surface area contributed by atoms with Crippen LogP contribution in [0.1, 0.15) is 121 Å². The molecule has 1 aromatic rings. The van der Waals surface area contributed by atoms with E-state index in [1.807, 2.05) is 6.08 Å². The Bertz CT molecular complexity index is 1220. The maximum atomic E-state index is 14.1. The van der Waals surface area contributed by atoms with Crippen LogP contribution in [0.2, 0.25) is 0 Å². The molecule has 242 valence electrons. The number of esters is 1. The number of benzene rings is 1. The summed E-state index contributed by atoms with van der Waals surface area (Å²) in [5.41, 5.74) is 1.67. The zero-order valence-electron chi connectivity index (χ0n) is 27.2. The largest absolute Gasteiger partial charge is 0.508 e. The second-order valence-electron chi connectivity index (χ2n) is 14.3. The Hall–Kier alpha value is -2.54. The van der Waals surface area contributed by atoms with Gasteiger partial charge in [-0.05, 0) is 56.9 Å². The number of likely N-dealkylation sites (tertiary alicyclic amines) is 1. The van der Waals surface area contributed by atoms with Crippen LogP contribution in [-0.4, -0.2) is 64.6 Å². The lowest BCUT2D eigenvalue weighted by Crippen LogP contribution is -2.69. The number of nitrogens with zero attached hydrogens (tertiary/aromatic N) is 2. The lowest BCUT2D eigenvalue weighted by Gasteiger charge is -2.60. The van der Waals surface area contributed by atoms with Gasteiger partial charge in [0, 0.05) is 55.1 Å². The second kappa shape index (κ2) is 13.4. The van der Waals surface area contributed by atoms with Crippen molar-refractivity contribution in [3.05, 3.63) is 29.8 Å². The minimum absolute atomic E-state index is 0.0359. The molecule has 1 N–H and O–H groups in total. The number of piperidine rings is 1. The maximum absolute atomic E-state index is 14.1. The Morgan fingerprint density at radius 3 is 2.73 bits per heavy atom. The molecule has 1 amide bonds. The molecule has 6 rings (SSSR count). The molecule has 44 heavy (non-hydrogen) atoms. The molecule has 3 aliphatic carbocycles. The van der Waals surface area contributed by atoms with Gasteiger partial charge < -0.3 is 19.5 Å². The molecule has 1 saturated heterocycles. The molecule has 1 spiro atoms. The Kier molecular flexibility index (Phi) is 9.61. The number of unbranched alkanes of at least 4 members (excludes halogenated alkanes) is 3. The summed E-state index contributed by atoms with van der Waals surface area (Å²) in [5, 5.41) is 11.3. The van der Waals surface area contributed by atoms with Crippen LogP contribution >= 0.6 is 0 Å². The number of carbonyl (C=O) groups is 2. The zero-order chi connectivity index (χ0) is 30.8. The lowest BCUT2D eigenvalue weighted by atomic mass is 9.50. The van der Waals surface area contributed by atoms with Crippen molar-refractivity contribution in [2.45, 2.75) is 140 Å². The molecular formula is C37H54N2O5. The highest BCUT2D eigenvalue weighted by Crippen LogP contribution is 2.65. The summed E-state index contributed by atoms with van der Waals surface area (Å²) in [6.07, 6.45) is 19.3. The highest BCUT2D eigenvalue weighted by Gasteiger charge is 2.67. The fraction of sp³-hybridized carbons (Fsp3) is 0.730. The van der Waals surface area contributed by atoms with Crippen molar-refractivity contribution in [3.63, 3.8) is 0 Å². The van der Waals surface area contributed by atoms with E-state index in [2.05, 4.69) is 23.3 Å². The molecule has 1 aromatic carbocycles. The first-order valence-electron chi connectivity index (χ1n) is 17.8. The van der Waals surface area contributed by atoms with E-state index < -0.39 is 5.97 Å². The normalized spacial score (nSPS) is 29.0. The molecule has 0 radical (unpaired) electrons. The fourth-order valence-electron chi connectivity index (χ4n) is 9.93. The highest BCUT2D eigenvalue weighted by molar-refractivity contribution is 5.77. The minimum atomic E-state index is -0.427. The van der Waals surface area contributed by atoms with Gasteiger partial charge in [0.15, 0.2) is 11.5 Å². The third-order valence-electron chi connectivity index (χ3n) is 11.8. The molecule has 7 nitrogen and oxygen atoms in total. The summed E-state index contributed by atoms with van der Waals surface area (Å²) in [5.74, 6) is 2.16. The van der Waals surface area contributed by atoms with Crippen LogP contribution in [0.4, 0.5) is 0 Å². The number of aromatic hydroxyl groups is 1. The molecule has 2 bridgehead atoms. The quantitative estimate of drug-likeness (QED) is 0.112. The van der Waals surface area contributed by atoms with E-state index in [1.54, 1.807) is 6.07 Å². The Morgan fingerprint density at radius 1 is 1.16 bits per heavy atom. The molecule has 5 aliphatic rings. The highest BCUT2D eigenvalue weighted by atomic mass is 16.6. The number of amides is 1. The van der Waals surface area contributed by atoms with E-state index in [0.717, 1.165) is 94.5 Å². The van der Waals surface area contributed by atoms with Gasteiger partial charge in [-0.2, -0.15) is 0 Å². The van der Waals surface area contributed by atoms with Crippen LogP contribution in [0.15, 0.2) is 18.7 Å². The van der Waals surface area contributed by atoms with Gasteiger partial charge in [0.2, 0.25) is 5.91 Å². The third kappa shape index (κ3) is 5.67. The standard InChI is InChI=1S/C37H54N2O5/c1-4-6-12-21-39(33(42)16-11-10-15-26-13-8-7-9-14-26)29-18-17-28-30-23-27-31(41)24-32(43-25(3)40)35-34(27)37(28,36(29)44-35)19-22-38(30)20-5-2/h5,24,26,28-30,36,41H,2,4,6-23H2,1,3H3/t28-,29+,30+,36-,37-/m0/s1. The van der Waals surface area contributed by atoms with Crippen LogP contribution in [0.25, 0.3) is 0 Å². The van der Waals surface area contributed by atoms with Crippen molar-refractivity contribution in [1.82, 2.24) is 9.80 Å². The number of phenols is 1. The lowest BCUT2D eigenvalue weighted by molar-refractivity contribution is -0.142. The number of hydrogen-bond donors (Lipinski definition) is 1. The molecular weight excluding hydrogens is 552 g/mol. The first kappa shape index (κ1) is 31.4. The molecule has 0 unspecified atom stereocenters. The number of phenolic OH excluding ortho intramolecular Hbond substituents is 1. The molecule has 2 heterocycles.